The molecule has 0 radical (unpaired) electrons. The van der Waals surface area contributed by atoms with E-state index in [2.05, 4.69) is 0 Å². The summed E-state index contributed by atoms with van der Waals surface area (Å²) in [6, 6.07) is 21.2. The van der Waals surface area contributed by atoms with Gasteiger partial charge in [-0.25, -0.2) is 5.01 Å². The van der Waals surface area contributed by atoms with Crippen molar-refractivity contribution in [3.8, 4) is 5.75 Å². The first-order chi connectivity index (χ1) is 13.6. The molecule has 2 heterocycles. The summed E-state index contributed by atoms with van der Waals surface area (Å²) < 4.78 is 6.33. The summed E-state index contributed by atoms with van der Waals surface area (Å²) in [7, 11) is 0. The molecule has 0 saturated carbocycles. The van der Waals surface area contributed by atoms with Crippen molar-refractivity contribution in [2.24, 2.45) is 5.10 Å². The highest BCUT2D eigenvalue weighted by atomic mass is 35.5. The number of hydrogen-bond acceptors (Lipinski definition) is 3. The minimum absolute atomic E-state index is 0.0498. The molecule has 0 saturated heterocycles. The SMILES string of the molecule is Clc1ccc(C2=NN3[C@@H](c4ccc(Cl)cc4)Oc4ccc(Cl)cc4[C@@H]3C2)cc1. The second-order valence-corrected chi connectivity index (χ2v) is 8.17. The predicted molar refractivity (Wildman–Crippen MR) is 113 cm³/mol. The molecule has 0 aliphatic carbocycles. The molecule has 0 fully saturated rings. The van der Waals surface area contributed by atoms with Gasteiger partial charge >= 0.3 is 0 Å². The summed E-state index contributed by atoms with van der Waals surface area (Å²) in [6.45, 7) is 0. The molecule has 0 N–H and O–H groups in total. The van der Waals surface area contributed by atoms with Crippen LogP contribution in [-0.4, -0.2) is 10.7 Å². The van der Waals surface area contributed by atoms with E-state index in [1.165, 1.54) is 0 Å². The number of rotatable bonds is 2. The van der Waals surface area contributed by atoms with Crippen molar-refractivity contribution < 1.29 is 4.74 Å². The van der Waals surface area contributed by atoms with Gasteiger partial charge in [0.2, 0.25) is 6.23 Å². The van der Waals surface area contributed by atoms with Gasteiger partial charge in [0.1, 0.15) is 5.75 Å². The van der Waals surface area contributed by atoms with Gasteiger partial charge in [-0.05, 0) is 48.0 Å². The Kier molecular flexibility index (Phi) is 4.47. The van der Waals surface area contributed by atoms with Gasteiger partial charge in [-0.2, -0.15) is 5.10 Å². The minimum atomic E-state index is -0.333. The largest absolute Gasteiger partial charge is 0.464 e. The molecule has 2 aliphatic rings. The lowest BCUT2D eigenvalue weighted by molar-refractivity contribution is -0.0190. The number of ether oxygens (including phenoxy) is 1. The van der Waals surface area contributed by atoms with Crippen LogP contribution in [0.2, 0.25) is 15.1 Å². The maximum Gasteiger partial charge on any atom is 0.213 e. The molecule has 140 valence electrons. The molecule has 0 bridgehead atoms. The van der Waals surface area contributed by atoms with Gasteiger partial charge < -0.3 is 4.74 Å². The molecular formula is C22H15Cl3N2O. The fraction of sp³-hybridized carbons (Fsp3) is 0.136. The van der Waals surface area contributed by atoms with Gasteiger partial charge in [0.25, 0.3) is 0 Å². The molecule has 0 aromatic heterocycles. The minimum Gasteiger partial charge on any atom is -0.464 e. The molecule has 6 heteroatoms. The monoisotopic (exact) mass is 428 g/mol. The molecule has 0 unspecified atom stereocenters. The molecule has 3 nitrogen and oxygen atoms in total. The van der Waals surface area contributed by atoms with Crippen LogP contribution in [0.3, 0.4) is 0 Å². The standard InChI is InChI=1S/C22H15Cl3N2O/c23-15-5-1-13(2-6-15)19-12-20-18-11-17(25)9-10-21(18)28-22(27(20)26-19)14-3-7-16(24)8-4-14/h1-11,20,22H,12H2/t20-,22+/m0/s1. The van der Waals surface area contributed by atoms with Crippen LogP contribution < -0.4 is 4.74 Å². The summed E-state index contributed by atoms with van der Waals surface area (Å²) in [5, 5.41) is 9.03. The van der Waals surface area contributed by atoms with Crippen LogP contribution in [0, 0.1) is 0 Å². The summed E-state index contributed by atoms with van der Waals surface area (Å²) in [5.74, 6) is 0.832. The van der Waals surface area contributed by atoms with E-state index in [0.29, 0.717) is 15.1 Å². The number of benzene rings is 3. The summed E-state index contributed by atoms with van der Waals surface area (Å²) in [5.41, 5.74) is 4.09. The number of hydrazone groups is 1. The average molecular weight is 430 g/mol. The fourth-order valence-electron chi connectivity index (χ4n) is 3.72. The van der Waals surface area contributed by atoms with Crippen LogP contribution in [-0.2, 0) is 0 Å². The van der Waals surface area contributed by atoms with Crippen molar-refractivity contribution in [3.63, 3.8) is 0 Å². The van der Waals surface area contributed by atoms with E-state index in [9.17, 15) is 0 Å². The van der Waals surface area contributed by atoms with E-state index in [1.54, 1.807) is 0 Å². The van der Waals surface area contributed by atoms with Gasteiger partial charge in [-0.15, -0.1) is 0 Å². The third-order valence-corrected chi connectivity index (χ3v) is 5.82. The van der Waals surface area contributed by atoms with Gasteiger partial charge in [0, 0.05) is 32.6 Å². The quantitative estimate of drug-likeness (QED) is 0.443. The zero-order chi connectivity index (χ0) is 19.3. The Morgan fingerprint density at radius 1 is 0.821 bits per heavy atom. The lowest BCUT2D eigenvalue weighted by Crippen LogP contribution is -2.33. The van der Waals surface area contributed by atoms with Gasteiger partial charge in [0.15, 0.2) is 0 Å². The lowest BCUT2D eigenvalue weighted by Gasteiger charge is -2.38. The van der Waals surface area contributed by atoms with E-state index in [-0.39, 0.29) is 12.3 Å². The molecule has 0 spiro atoms. The van der Waals surface area contributed by atoms with Gasteiger partial charge in [0.05, 0.1) is 11.8 Å². The first kappa shape index (κ1) is 17.9. The highest BCUT2D eigenvalue weighted by molar-refractivity contribution is 6.31. The molecule has 2 aliphatic heterocycles. The van der Waals surface area contributed by atoms with Crippen molar-refractivity contribution in [2.45, 2.75) is 18.7 Å². The predicted octanol–water partition coefficient (Wildman–Crippen LogP) is 6.89. The van der Waals surface area contributed by atoms with Crippen LogP contribution >= 0.6 is 34.8 Å². The zero-order valence-corrected chi connectivity index (χ0v) is 16.9. The molecule has 2 atom stereocenters. The van der Waals surface area contributed by atoms with Crippen molar-refractivity contribution in [1.82, 2.24) is 5.01 Å². The maximum atomic E-state index is 6.33. The molecule has 3 aromatic rings. The van der Waals surface area contributed by atoms with E-state index < -0.39 is 0 Å². The van der Waals surface area contributed by atoms with Crippen molar-refractivity contribution in [2.75, 3.05) is 0 Å². The van der Waals surface area contributed by atoms with Crippen LogP contribution in [0.4, 0.5) is 0 Å². The summed E-state index contributed by atoms with van der Waals surface area (Å²) in [4.78, 5) is 0. The molecule has 5 rings (SSSR count). The van der Waals surface area contributed by atoms with Crippen molar-refractivity contribution in [3.05, 3.63) is 98.5 Å². The lowest BCUT2D eigenvalue weighted by atomic mass is 9.96. The van der Waals surface area contributed by atoms with Crippen LogP contribution in [0.15, 0.2) is 71.8 Å². The Bertz CT molecular complexity index is 1060. The smallest absolute Gasteiger partial charge is 0.213 e. The van der Waals surface area contributed by atoms with E-state index in [1.807, 2.05) is 71.7 Å². The second kappa shape index (κ2) is 7.00. The molecule has 3 aromatic carbocycles. The molecule has 28 heavy (non-hydrogen) atoms. The van der Waals surface area contributed by atoms with Gasteiger partial charge in [-0.3, -0.25) is 0 Å². The zero-order valence-electron chi connectivity index (χ0n) is 14.6. The third-order valence-electron chi connectivity index (χ3n) is 5.08. The molecule has 0 amide bonds. The first-order valence-electron chi connectivity index (χ1n) is 8.92. The fourth-order valence-corrected chi connectivity index (χ4v) is 4.15. The number of halogens is 3. The second-order valence-electron chi connectivity index (χ2n) is 6.86. The Morgan fingerprint density at radius 3 is 2.18 bits per heavy atom. The summed E-state index contributed by atoms with van der Waals surface area (Å²) >= 11 is 18.4. The highest BCUT2D eigenvalue weighted by Crippen LogP contribution is 2.48. The Balaban J connectivity index is 1.59. The van der Waals surface area contributed by atoms with Crippen LogP contribution in [0.5, 0.6) is 5.75 Å². The normalized spacial score (nSPS) is 20.2. The topological polar surface area (TPSA) is 24.8 Å². The van der Waals surface area contributed by atoms with Crippen LogP contribution in [0.1, 0.15) is 35.4 Å². The number of fused-ring (bicyclic) bond motifs is 3. The molecular weight excluding hydrogens is 415 g/mol. The van der Waals surface area contributed by atoms with E-state index in [4.69, 9.17) is 44.6 Å². The third kappa shape index (κ3) is 3.14. The number of hydrogen-bond donors (Lipinski definition) is 0. The summed E-state index contributed by atoms with van der Waals surface area (Å²) in [6.07, 6.45) is 0.434. The van der Waals surface area contributed by atoms with Crippen molar-refractivity contribution in [1.29, 1.82) is 0 Å². The maximum absolute atomic E-state index is 6.33. The first-order valence-corrected chi connectivity index (χ1v) is 10.1. The van der Waals surface area contributed by atoms with Crippen LogP contribution in [0.25, 0.3) is 0 Å². The Morgan fingerprint density at radius 2 is 1.46 bits per heavy atom. The number of nitrogens with zero attached hydrogens (tertiary/aromatic N) is 2. The van der Waals surface area contributed by atoms with Gasteiger partial charge in [-0.1, -0.05) is 59.1 Å². The van der Waals surface area contributed by atoms with E-state index in [0.717, 1.165) is 34.6 Å². The Hall–Kier alpha value is -2.20. The van der Waals surface area contributed by atoms with Crippen molar-refractivity contribution >= 4 is 40.5 Å². The Labute approximate surface area is 178 Å². The highest BCUT2D eigenvalue weighted by Gasteiger charge is 2.41. The van der Waals surface area contributed by atoms with E-state index >= 15 is 0 Å². The average Bonchev–Trinajstić information content (AvgIpc) is 3.14.